The van der Waals surface area contributed by atoms with Gasteiger partial charge in [0.25, 0.3) is 5.91 Å². The molecule has 1 heterocycles. The monoisotopic (exact) mass is 350 g/mol. The van der Waals surface area contributed by atoms with Crippen LogP contribution in [0.5, 0.6) is 0 Å². The Bertz CT molecular complexity index is 804. The number of nitrogens with zero attached hydrogens (tertiary/aromatic N) is 1. The summed E-state index contributed by atoms with van der Waals surface area (Å²) < 4.78 is 0. The molecule has 4 nitrogen and oxygen atoms in total. The Balaban J connectivity index is 1.73. The lowest BCUT2D eigenvalue weighted by Crippen LogP contribution is -2.35. The second-order valence-corrected chi connectivity index (χ2v) is 7.83. The van der Waals surface area contributed by atoms with Crippen LogP contribution in [0.3, 0.4) is 0 Å². The van der Waals surface area contributed by atoms with Crippen LogP contribution in [0, 0.1) is 0 Å². The summed E-state index contributed by atoms with van der Waals surface area (Å²) in [6.45, 7) is 7.19. The lowest BCUT2D eigenvalue weighted by molar-refractivity contribution is -0.119. The Morgan fingerprint density at radius 2 is 1.77 bits per heavy atom. The standard InChI is InChI=1S/C22H26N2O2/c1-22(2,3)17-12-10-16(11-13-17)21(26)23-18-7-6-8-19(15-18)24-14-5-4-9-20(24)25/h6-8,10-13,15H,4-5,9,14H2,1-3H3,(H,23,26). The molecule has 0 bridgehead atoms. The van der Waals surface area contributed by atoms with E-state index in [9.17, 15) is 9.59 Å². The molecule has 1 fully saturated rings. The van der Waals surface area contributed by atoms with Crippen LogP contribution in [0.15, 0.2) is 48.5 Å². The van der Waals surface area contributed by atoms with Crippen molar-refractivity contribution >= 4 is 23.2 Å². The Hall–Kier alpha value is -2.62. The van der Waals surface area contributed by atoms with Crippen molar-refractivity contribution in [3.8, 4) is 0 Å². The molecule has 2 aromatic rings. The summed E-state index contributed by atoms with van der Waals surface area (Å²) in [6, 6.07) is 15.2. The van der Waals surface area contributed by atoms with Gasteiger partial charge in [0.1, 0.15) is 0 Å². The van der Waals surface area contributed by atoms with Crippen LogP contribution >= 0.6 is 0 Å². The van der Waals surface area contributed by atoms with E-state index in [1.165, 1.54) is 5.56 Å². The minimum absolute atomic E-state index is 0.0598. The van der Waals surface area contributed by atoms with Gasteiger partial charge in [-0.2, -0.15) is 0 Å². The van der Waals surface area contributed by atoms with E-state index >= 15 is 0 Å². The summed E-state index contributed by atoms with van der Waals surface area (Å²) in [6.07, 6.45) is 2.56. The Kier molecular flexibility index (Phi) is 5.12. The first kappa shape index (κ1) is 18.2. The zero-order chi connectivity index (χ0) is 18.7. The summed E-state index contributed by atoms with van der Waals surface area (Å²) in [7, 11) is 0. The fourth-order valence-corrected chi connectivity index (χ4v) is 3.16. The first-order valence-corrected chi connectivity index (χ1v) is 9.17. The number of anilines is 2. The quantitative estimate of drug-likeness (QED) is 0.868. The fraction of sp³-hybridized carbons (Fsp3) is 0.364. The SMILES string of the molecule is CC(C)(C)c1ccc(C(=O)Nc2cccc(N3CCCCC3=O)c2)cc1. The van der Waals surface area contributed by atoms with E-state index in [-0.39, 0.29) is 17.2 Å². The number of piperidine rings is 1. The molecule has 1 aliphatic heterocycles. The number of hydrogen-bond donors (Lipinski definition) is 1. The van der Waals surface area contributed by atoms with Gasteiger partial charge in [0, 0.05) is 29.9 Å². The molecule has 1 aliphatic rings. The Labute approximate surface area is 155 Å². The van der Waals surface area contributed by atoms with Gasteiger partial charge in [-0.25, -0.2) is 0 Å². The molecule has 2 amide bonds. The maximum Gasteiger partial charge on any atom is 0.255 e. The van der Waals surface area contributed by atoms with Crippen molar-refractivity contribution in [2.45, 2.75) is 45.4 Å². The lowest BCUT2D eigenvalue weighted by Gasteiger charge is -2.27. The van der Waals surface area contributed by atoms with Crippen molar-refractivity contribution < 1.29 is 9.59 Å². The zero-order valence-corrected chi connectivity index (χ0v) is 15.7. The minimum atomic E-state index is -0.146. The highest BCUT2D eigenvalue weighted by Gasteiger charge is 2.20. The average Bonchev–Trinajstić information content (AvgIpc) is 2.62. The van der Waals surface area contributed by atoms with E-state index in [1.54, 1.807) is 4.90 Å². The number of nitrogens with one attached hydrogen (secondary N) is 1. The maximum absolute atomic E-state index is 12.5. The largest absolute Gasteiger partial charge is 0.322 e. The highest BCUT2D eigenvalue weighted by Crippen LogP contribution is 2.25. The molecule has 0 radical (unpaired) electrons. The third-order valence-electron chi connectivity index (χ3n) is 4.75. The molecule has 136 valence electrons. The van der Waals surface area contributed by atoms with E-state index in [4.69, 9.17) is 0 Å². The second-order valence-electron chi connectivity index (χ2n) is 7.83. The van der Waals surface area contributed by atoms with Crippen LogP contribution in [-0.2, 0) is 10.2 Å². The van der Waals surface area contributed by atoms with Crippen LogP contribution < -0.4 is 10.2 Å². The summed E-state index contributed by atoms with van der Waals surface area (Å²) in [4.78, 5) is 26.4. The zero-order valence-electron chi connectivity index (χ0n) is 15.7. The molecule has 4 heteroatoms. The fourth-order valence-electron chi connectivity index (χ4n) is 3.16. The Morgan fingerprint density at radius 1 is 1.04 bits per heavy atom. The van der Waals surface area contributed by atoms with E-state index in [0.29, 0.717) is 17.7 Å². The van der Waals surface area contributed by atoms with Gasteiger partial charge in [-0.05, 0) is 54.2 Å². The van der Waals surface area contributed by atoms with Gasteiger partial charge in [-0.1, -0.05) is 39.0 Å². The van der Waals surface area contributed by atoms with Gasteiger partial charge in [0.05, 0.1) is 0 Å². The summed E-state index contributed by atoms with van der Waals surface area (Å²) in [5.74, 6) is 0.00470. The number of amides is 2. The van der Waals surface area contributed by atoms with Gasteiger partial charge in [0.2, 0.25) is 5.91 Å². The van der Waals surface area contributed by atoms with Crippen LogP contribution in [0.2, 0.25) is 0 Å². The number of carbonyl (C=O) groups is 2. The van der Waals surface area contributed by atoms with Crippen molar-refractivity contribution in [3.63, 3.8) is 0 Å². The van der Waals surface area contributed by atoms with Crippen LogP contribution in [-0.4, -0.2) is 18.4 Å². The maximum atomic E-state index is 12.5. The molecule has 3 rings (SSSR count). The van der Waals surface area contributed by atoms with Crippen molar-refractivity contribution in [2.75, 3.05) is 16.8 Å². The van der Waals surface area contributed by atoms with Crippen LogP contribution in [0.4, 0.5) is 11.4 Å². The minimum Gasteiger partial charge on any atom is -0.322 e. The molecule has 2 aromatic carbocycles. The summed E-state index contributed by atoms with van der Waals surface area (Å²) >= 11 is 0. The first-order valence-electron chi connectivity index (χ1n) is 9.17. The second kappa shape index (κ2) is 7.32. The highest BCUT2D eigenvalue weighted by molar-refractivity contribution is 6.04. The molecule has 1 saturated heterocycles. The predicted molar refractivity (Wildman–Crippen MR) is 106 cm³/mol. The topological polar surface area (TPSA) is 49.4 Å². The lowest BCUT2D eigenvalue weighted by atomic mass is 9.87. The van der Waals surface area contributed by atoms with Crippen LogP contribution in [0.25, 0.3) is 0 Å². The predicted octanol–water partition coefficient (Wildman–Crippen LogP) is 4.75. The summed E-state index contributed by atoms with van der Waals surface area (Å²) in [5, 5.41) is 2.93. The molecule has 0 aromatic heterocycles. The van der Waals surface area contributed by atoms with Gasteiger partial charge < -0.3 is 10.2 Å². The van der Waals surface area contributed by atoms with E-state index < -0.39 is 0 Å². The highest BCUT2D eigenvalue weighted by atomic mass is 16.2. The van der Waals surface area contributed by atoms with E-state index in [0.717, 1.165) is 25.1 Å². The molecule has 26 heavy (non-hydrogen) atoms. The third kappa shape index (κ3) is 4.13. The van der Waals surface area contributed by atoms with Gasteiger partial charge >= 0.3 is 0 Å². The molecular weight excluding hydrogens is 324 g/mol. The molecular formula is C22H26N2O2. The molecule has 0 spiro atoms. The summed E-state index contributed by atoms with van der Waals surface area (Å²) in [5.41, 5.74) is 3.42. The Morgan fingerprint density at radius 3 is 2.42 bits per heavy atom. The normalized spacial score (nSPS) is 15.0. The average molecular weight is 350 g/mol. The molecule has 1 N–H and O–H groups in total. The van der Waals surface area contributed by atoms with Gasteiger partial charge in [0.15, 0.2) is 0 Å². The van der Waals surface area contributed by atoms with Gasteiger partial charge in [-0.3, -0.25) is 9.59 Å². The van der Waals surface area contributed by atoms with E-state index in [1.807, 2.05) is 48.5 Å². The van der Waals surface area contributed by atoms with Gasteiger partial charge in [-0.15, -0.1) is 0 Å². The number of benzene rings is 2. The van der Waals surface area contributed by atoms with Crippen molar-refractivity contribution in [1.29, 1.82) is 0 Å². The van der Waals surface area contributed by atoms with Crippen LogP contribution in [0.1, 0.15) is 56.0 Å². The van der Waals surface area contributed by atoms with Crippen molar-refractivity contribution in [3.05, 3.63) is 59.7 Å². The van der Waals surface area contributed by atoms with Crippen molar-refractivity contribution in [2.24, 2.45) is 0 Å². The molecule has 0 saturated carbocycles. The van der Waals surface area contributed by atoms with Crippen molar-refractivity contribution in [1.82, 2.24) is 0 Å². The first-order chi connectivity index (χ1) is 12.3. The molecule has 0 unspecified atom stereocenters. The number of carbonyl (C=O) groups excluding carboxylic acids is 2. The molecule has 0 aliphatic carbocycles. The smallest absolute Gasteiger partial charge is 0.255 e. The third-order valence-corrected chi connectivity index (χ3v) is 4.75. The number of hydrogen-bond acceptors (Lipinski definition) is 2. The van der Waals surface area contributed by atoms with E-state index in [2.05, 4.69) is 26.1 Å². The molecule has 0 atom stereocenters. The number of rotatable bonds is 3.